The highest BCUT2D eigenvalue weighted by atomic mass is 32.2. The van der Waals surface area contributed by atoms with Crippen molar-refractivity contribution in [3.05, 3.63) is 11.8 Å². The predicted octanol–water partition coefficient (Wildman–Crippen LogP) is 5.15. The second-order valence-electron chi connectivity index (χ2n) is 6.26. The summed E-state index contributed by atoms with van der Waals surface area (Å²) in [6, 6.07) is 0. The van der Waals surface area contributed by atoms with E-state index >= 15 is 0 Å². The van der Waals surface area contributed by atoms with Crippen LogP contribution < -0.4 is 0 Å². The van der Waals surface area contributed by atoms with Gasteiger partial charge in [0.2, 0.25) is 0 Å². The van der Waals surface area contributed by atoms with Gasteiger partial charge in [0.15, 0.2) is 5.17 Å². The van der Waals surface area contributed by atoms with Crippen molar-refractivity contribution in [2.45, 2.75) is 78.2 Å². The normalized spacial score (nSPS) is 20.4. The molecule has 0 aromatic carbocycles. The fourth-order valence-electron chi connectivity index (χ4n) is 2.63. The van der Waals surface area contributed by atoms with Gasteiger partial charge in [-0.05, 0) is 51.5 Å². The summed E-state index contributed by atoms with van der Waals surface area (Å²) in [5.74, 6) is 0. The van der Waals surface area contributed by atoms with Crippen LogP contribution in [0.1, 0.15) is 72.6 Å². The van der Waals surface area contributed by atoms with E-state index in [1.807, 2.05) is 5.01 Å². The molecule has 3 nitrogen and oxygen atoms in total. The highest BCUT2D eigenvalue weighted by Crippen LogP contribution is 2.33. The van der Waals surface area contributed by atoms with Gasteiger partial charge in [0.05, 0.1) is 5.54 Å². The first-order valence-corrected chi connectivity index (χ1v) is 8.68. The minimum Gasteiger partial charge on any atom is -0.250 e. The monoisotopic (exact) mass is 293 g/mol. The molecule has 0 amide bonds. The van der Waals surface area contributed by atoms with Gasteiger partial charge < -0.3 is 0 Å². The third-order valence-corrected chi connectivity index (χ3v) is 4.59. The van der Waals surface area contributed by atoms with Crippen LogP contribution in [0.25, 0.3) is 0 Å². The molecule has 2 heterocycles. The largest absolute Gasteiger partial charge is 0.250 e. The fourth-order valence-corrected chi connectivity index (χ4v) is 3.76. The summed E-state index contributed by atoms with van der Waals surface area (Å²) in [6.45, 7) is 8.67. The predicted molar refractivity (Wildman–Crippen MR) is 90.1 cm³/mol. The number of nitrogens with zero attached hydrogens (tertiary/aromatic N) is 3. The minimum atomic E-state index is -0.0892. The highest BCUT2D eigenvalue weighted by molar-refractivity contribution is 8.26. The Kier molecular flexibility index (Phi) is 5.30. The Morgan fingerprint density at radius 1 is 1.15 bits per heavy atom. The number of hydrogen-bond acceptors (Lipinski definition) is 4. The highest BCUT2D eigenvalue weighted by Gasteiger charge is 2.31. The van der Waals surface area contributed by atoms with Crippen molar-refractivity contribution >= 4 is 22.0 Å². The van der Waals surface area contributed by atoms with E-state index in [1.165, 1.54) is 49.3 Å². The van der Waals surface area contributed by atoms with Gasteiger partial charge in [-0.3, -0.25) is 0 Å². The average molecular weight is 293 g/mol. The molecule has 0 saturated carbocycles. The number of rotatable bonds is 7. The molecule has 0 spiro atoms. The van der Waals surface area contributed by atoms with Crippen LogP contribution in [0.15, 0.2) is 21.9 Å². The molecule has 0 aromatic rings. The van der Waals surface area contributed by atoms with Gasteiger partial charge in [0.25, 0.3) is 0 Å². The molecule has 112 valence electrons. The van der Waals surface area contributed by atoms with E-state index in [-0.39, 0.29) is 5.54 Å². The molecule has 4 heteroatoms. The van der Waals surface area contributed by atoms with Crippen LogP contribution in [0.2, 0.25) is 0 Å². The van der Waals surface area contributed by atoms with E-state index in [1.54, 1.807) is 11.8 Å². The lowest BCUT2D eigenvalue weighted by atomic mass is 10.0. The zero-order valence-corrected chi connectivity index (χ0v) is 14.1. The number of fused-ring (bicyclic) bond motifs is 1. The Hall–Kier alpha value is -0.770. The molecule has 2 rings (SSSR count). The molecule has 0 aromatic heterocycles. The number of hydrazone groups is 1. The maximum absolute atomic E-state index is 4.76. The lowest BCUT2D eigenvalue weighted by Gasteiger charge is -2.27. The molecule has 0 saturated heterocycles. The molecule has 0 unspecified atom stereocenters. The summed E-state index contributed by atoms with van der Waals surface area (Å²) in [5, 5.41) is 8.99. The second-order valence-corrected chi connectivity index (χ2v) is 7.30. The molecular weight excluding hydrogens is 266 g/mol. The van der Waals surface area contributed by atoms with Gasteiger partial charge in [-0.25, -0.2) is 10.0 Å². The lowest BCUT2D eigenvalue weighted by Crippen LogP contribution is -2.29. The van der Waals surface area contributed by atoms with Crippen molar-refractivity contribution in [1.29, 1.82) is 0 Å². The van der Waals surface area contributed by atoms with Crippen molar-refractivity contribution < 1.29 is 0 Å². The average Bonchev–Trinajstić information content (AvgIpc) is 2.75. The van der Waals surface area contributed by atoms with Gasteiger partial charge in [0.1, 0.15) is 5.04 Å². The van der Waals surface area contributed by atoms with Gasteiger partial charge in [-0.2, -0.15) is 5.10 Å². The molecule has 0 radical (unpaired) electrons. The molecule has 0 aliphatic carbocycles. The quantitative estimate of drug-likeness (QED) is 0.607. The summed E-state index contributed by atoms with van der Waals surface area (Å²) in [7, 11) is 0. The molecule has 0 N–H and O–H groups in total. The van der Waals surface area contributed by atoms with Gasteiger partial charge in [-0.15, -0.1) is 0 Å². The summed E-state index contributed by atoms with van der Waals surface area (Å²) in [4.78, 5) is 4.76. The number of amidine groups is 1. The summed E-state index contributed by atoms with van der Waals surface area (Å²) < 4.78 is 0. The van der Waals surface area contributed by atoms with Crippen molar-refractivity contribution in [1.82, 2.24) is 5.01 Å². The van der Waals surface area contributed by atoms with Crippen LogP contribution in [0.4, 0.5) is 0 Å². The summed E-state index contributed by atoms with van der Waals surface area (Å²) in [5.41, 5.74) is 1.11. The summed E-state index contributed by atoms with van der Waals surface area (Å²) >= 11 is 1.75. The van der Waals surface area contributed by atoms with Crippen LogP contribution in [-0.4, -0.2) is 20.8 Å². The Balaban J connectivity index is 1.79. The SMILES string of the molecule is CCCCCCCCC1=NN2C(C)=CC(C)(C)N=C2S1. The first-order valence-electron chi connectivity index (χ1n) is 7.86. The number of aliphatic imine (C=N–C) groups is 1. The van der Waals surface area contributed by atoms with Crippen LogP contribution >= 0.6 is 11.8 Å². The number of hydrogen-bond donors (Lipinski definition) is 0. The maximum atomic E-state index is 4.76. The molecular formula is C16H27N3S. The van der Waals surface area contributed by atoms with Crippen LogP contribution in [0.5, 0.6) is 0 Å². The molecule has 0 fully saturated rings. The Bertz CT molecular complexity index is 435. The van der Waals surface area contributed by atoms with Gasteiger partial charge in [-0.1, -0.05) is 39.0 Å². The van der Waals surface area contributed by atoms with Crippen molar-refractivity contribution in [3.63, 3.8) is 0 Å². The molecule has 0 atom stereocenters. The zero-order chi connectivity index (χ0) is 14.6. The van der Waals surface area contributed by atoms with Gasteiger partial charge in [0, 0.05) is 5.70 Å². The van der Waals surface area contributed by atoms with Crippen LogP contribution in [0, 0.1) is 0 Å². The van der Waals surface area contributed by atoms with E-state index in [2.05, 4.69) is 33.8 Å². The van der Waals surface area contributed by atoms with E-state index < -0.39 is 0 Å². The first-order chi connectivity index (χ1) is 9.52. The van der Waals surface area contributed by atoms with E-state index in [4.69, 9.17) is 10.1 Å². The second kappa shape index (κ2) is 6.79. The van der Waals surface area contributed by atoms with E-state index in [0.29, 0.717) is 0 Å². The van der Waals surface area contributed by atoms with Crippen LogP contribution in [-0.2, 0) is 0 Å². The van der Waals surface area contributed by atoms with E-state index in [9.17, 15) is 0 Å². The lowest BCUT2D eigenvalue weighted by molar-refractivity contribution is 0.504. The molecule has 0 bridgehead atoms. The minimum absolute atomic E-state index is 0.0892. The molecule has 2 aliphatic rings. The van der Waals surface area contributed by atoms with Crippen molar-refractivity contribution in [2.75, 3.05) is 0 Å². The van der Waals surface area contributed by atoms with Gasteiger partial charge >= 0.3 is 0 Å². The number of unbranched alkanes of at least 4 members (excludes halogenated alkanes) is 5. The smallest absolute Gasteiger partial charge is 0.191 e. The van der Waals surface area contributed by atoms with Crippen molar-refractivity contribution in [3.8, 4) is 0 Å². The maximum Gasteiger partial charge on any atom is 0.191 e. The standard InChI is InChI=1S/C16H27N3S/c1-5-6-7-8-9-10-11-14-18-19-13(2)12-16(3,4)17-15(19)20-14/h12H,5-11H2,1-4H3. The molecule has 20 heavy (non-hydrogen) atoms. The van der Waals surface area contributed by atoms with E-state index in [0.717, 1.165) is 11.6 Å². The number of thioether (sulfide) groups is 1. The topological polar surface area (TPSA) is 28.0 Å². The number of allylic oxidation sites excluding steroid dienone is 1. The first kappa shape index (κ1) is 15.6. The Morgan fingerprint density at radius 2 is 1.85 bits per heavy atom. The Labute approximate surface area is 127 Å². The fraction of sp³-hybridized carbons (Fsp3) is 0.750. The summed E-state index contributed by atoms with van der Waals surface area (Å²) in [6.07, 6.45) is 11.3. The molecule has 2 aliphatic heterocycles. The Morgan fingerprint density at radius 3 is 2.60 bits per heavy atom. The third kappa shape index (κ3) is 4.11. The van der Waals surface area contributed by atoms with Crippen LogP contribution in [0.3, 0.4) is 0 Å². The van der Waals surface area contributed by atoms with Crippen molar-refractivity contribution in [2.24, 2.45) is 10.1 Å². The zero-order valence-electron chi connectivity index (χ0n) is 13.3. The third-order valence-electron chi connectivity index (χ3n) is 3.63.